The van der Waals surface area contributed by atoms with Gasteiger partial charge in [0.15, 0.2) is 0 Å². The van der Waals surface area contributed by atoms with E-state index in [1.54, 1.807) is 49.4 Å². The van der Waals surface area contributed by atoms with Gasteiger partial charge in [-0.05, 0) is 56.3 Å². The molecule has 7 heteroatoms. The molecule has 0 saturated heterocycles. The number of amides is 1. The number of halogens is 1. The molecule has 0 saturated carbocycles. The molecule has 1 aromatic heterocycles. The molecule has 0 aliphatic heterocycles. The molecule has 0 bridgehead atoms. The number of oxazole rings is 1. The summed E-state index contributed by atoms with van der Waals surface area (Å²) in [6.45, 7) is 3.88. The highest BCUT2D eigenvalue weighted by Gasteiger charge is 2.16. The van der Waals surface area contributed by atoms with Crippen molar-refractivity contribution in [1.82, 2.24) is 10.3 Å². The van der Waals surface area contributed by atoms with Crippen LogP contribution in [-0.2, 0) is 23.1 Å². The second kappa shape index (κ2) is 9.92. The first-order valence-electron chi connectivity index (χ1n) is 10.4. The fourth-order valence-electron chi connectivity index (χ4n) is 3.27. The summed E-state index contributed by atoms with van der Waals surface area (Å²) in [5.74, 6) is 0.613. The molecule has 4 rings (SSSR count). The third-order valence-corrected chi connectivity index (χ3v) is 6.57. The summed E-state index contributed by atoms with van der Waals surface area (Å²) in [6, 6.07) is 20.7. The molecule has 1 heterocycles. The van der Waals surface area contributed by atoms with E-state index in [1.807, 2.05) is 31.2 Å². The number of hydrogen-bond acceptors (Lipinski definition) is 4. The van der Waals surface area contributed by atoms with Gasteiger partial charge in [-0.1, -0.05) is 35.9 Å². The van der Waals surface area contributed by atoms with Gasteiger partial charge in [0.1, 0.15) is 11.6 Å². The van der Waals surface area contributed by atoms with Crippen LogP contribution in [0.2, 0.25) is 0 Å². The summed E-state index contributed by atoms with van der Waals surface area (Å²) in [6.07, 6.45) is 0. The molecule has 1 N–H and O–H groups in total. The van der Waals surface area contributed by atoms with E-state index in [0.717, 1.165) is 10.5 Å². The van der Waals surface area contributed by atoms with Crippen molar-refractivity contribution in [3.63, 3.8) is 0 Å². The summed E-state index contributed by atoms with van der Waals surface area (Å²) in [4.78, 5) is 17.7. The fraction of sp³-hybridized carbons (Fsp3) is 0.154. The second-order valence-electron chi connectivity index (χ2n) is 7.68. The third kappa shape index (κ3) is 5.43. The number of hydrogen-bond donors (Lipinski definition) is 1. The molecule has 0 spiro atoms. The molecule has 1 unspecified atom stereocenters. The van der Waals surface area contributed by atoms with Gasteiger partial charge < -0.3 is 9.73 Å². The summed E-state index contributed by atoms with van der Waals surface area (Å²) in [5, 5.41) is 2.72. The Bertz CT molecular complexity index is 1300. The molecule has 0 aliphatic rings. The van der Waals surface area contributed by atoms with E-state index in [9.17, 15) is 13.4 Å². The average molecular weight is 463 g/mol. The Morgan fingerprint density at radius 1 is 1.00 bits per heavy atom. The fourth-order valence-corrected chi connectivity index (χ4v) is 4.39. The van der Waals surface area contributed by atoms with Crippen molar-refractivity contribution in [2.45, 2.75) is 31.0 Å². The SMILES string of the molecule is Cc1ccc(S(=O)Cc2nc(-c3ccc(C(=O)NCc4ccccc4F)cc3)oc2C)cc1. The molecule has 0 fully saturated rings. The Morgan fingerprint density at radius 2 is 1.70 bits per heavy atom. The number of aryl methyl sites for hydroxylation is 2. The van der Waals surface area contributed by atoms with Gasteiger partial charge in [-0.2, -0.15) is 0 Å². The summed E-state index contributed by atoms with van der Waals surface area (Å²) >= 11 is 0. The normalized spacial score (nSPS) is 11.8. The molecular weight excluding hydrogens is 439 g/mol. The van der Waals surface area contributed by atoms with E-state index in [-0.39, 0.29) is 24.0 Å². The predicted octanol–water partition coefficient (Wildman–Crippen LogP) is 5.34. The molecule has 5 nitrogen and oxygen atoms in total. The number of carbonyl (C=O) groups excluding carboxylic acids is 1. The topological polar surface area (TPSA) is 72.2 Å². The van der Waals surface area contributed by atoms with Gasteiger partial charge in [-0.25, -0.2) is 9.37 Å². The molecule has 3 aromatic carbocycles. The lowest BCUT2D eigenvalue weighted by atomic mass is 10.1. The van der Waals surface area contributed by atoms with Crippen molar-refractivity contribution in [1.29, 1.82) is 0 Å². The zero-order valence-corrected chi connectivity index (χ0v) is 19.1. The highest BCUT2D eigenvalue weighted by Crippen LogP contribution is 2.24. The smallest absolute Gasteiger partial charge is 0.251 e. The van der Waals surface area contributed by atoms with E-state index in [2.05, 4.69) is 10.3 Å². The zero-order valence-electron chi connectivity index (χ0n) is 18.3. The van der Waals surface area contributed by atoms with E-state index in [4.69, 9.17) is 4.42 Å². The predicted molar refractivity (Wildman–Crippen MR) is 126 cm³/mol. The Kier molecular flexibility index (Phi) is 6.79. The summed E-state index contributed by atoms with van der Waals surface area (Å²) in [7, 11) is -1.23. The van der Waals surface area contributed by atoms with Gasteiger partial charge in [0.2, 0.25) is 5.89 Å². The summed E-state index contributed by atoms with van der Waals surface area (Å²) < 4.78 is 32.2. The average Bonchev–Trinajstić information content (AvgIpc) is 3.19. The second-order valence-corrected chi connectivity index (χ2v) is 9.13. The molecule has 1 amide bonds. The number of aromatic nitrogens is 1. The number of benzene rings is 3. The van der Waals surface area contributed by atoms with Gasteiger partial charge in [-0.3, -0.25) is 9.00 Å². The first-order chi connectivity index (χ1) is 15.9. The van der Waals surface area contributed by atoms with Crippen LogP contribution in [0.1, 0.15) is 32.9 Å². The van der Waals surface area contributed by atoms with Crippen molar-refractivity contribution in [2.75, 3.05) is 0 Å². The van der Waals surface area contributed by atoms with Crippen LogP contribution >= 0.6 is 0 Å². The lowest BCUT2D eigenvalue weighted by Gasteiger charge is -2.06. The minimum atomic E-state index is -1.23. The van der Waals surface area contributed by atoms with Crippen molar-refractivity contribution in [3.05, 3.63) is 107 Å². The van der Waals surface area contributed by atoms with Crippen molar-refractivity contribution < 1.29 is 17.8 Å². The Morgan fingerprint density at radius 3 is 2.39 bits per heavy atom. The number of nitrogens with zero attached hydrogens (tertiary/aromatic N) is 1. The maximum atomic E-state index is 13.7. The maximum absolute atomic E-state index is 13.7. The first-order valence-corrected chi connectivity index (χ1v) is 11.8. The maximum Gasteiger partial charge on any atom is 0.251 e. The van der Waals surface area contributed by atoms with Crippen LogP contribution in [0.4, 0.5) is 4.39 Å². The summed E-state index contributed by atoms with van der Waals surface area (Å²) in [5.41, 5.74) is 3.32. The minimum Gasteiger partial charge on any atom is -0.441 e. The number of nitrogens with one attached hydrogen (secondary N) is 1. The quantitative estimate of drug-likeness (QED) is 0.403. The van der Waals surface area contributed by atoms with Crippen molar-refractivity contribution in [2.24, 2.45) is 0 Å². The van der Waals surface area contributed by atoms with Crippen LogP contribution in [0.5, 0.6) is 0 Å². The van der Waals surface area contributed by atoms with E-state index >= 15 is 0 Å². The van der Waals surface area contributed by atoms with Crippen LogP contribution in [0.3, 0.4) is 0 Å². The monoisotopic (exact) mass is 462 g/mol. The largest absolute Gasteiger partial charge is 0.441 e. The molecule has 0 aliphatic carbocycles. The highest BCUT2D eigenvalue weighted by atomic mass is 32.2. The van der Waals surface area contributed by atoms with Gasteiger partial charge >= 0.3 is 0 Å². The van der Waals surface area contributed by atoms with Gasteiger partial charge in [0, 0.05) is 28.1 Å². The lowest BCUT2D eigenvalue weighted by Crippen LogP contribution is -2.23. The standard InChI is InChI=1S/C26H23FN2O3S/c1-17-7-13-22(14-8-17)33(31)16-24-18(2)32-26(29-24)20-11-9-19(10-12-20)25(30)28-15-21-5-3-4-6-23(21)27/h3-14H,15-16H2,1-2H3,(H,28,30). The molecule has 168 valence electrons. The van der Waals surface area contributed by atoms with Crippen LogP contribution in [0.15, 0.2) is 82.1 Å². The Hall–Kier alpha value is -3.58. The molecule has 0 radical (unpaired) electrons. The minimum absolute atomic E-state index is 0.105. The van der Waals surface area contributed by atoms with Crippen LogP contribution < -0.4 is 5.32 Å². The zero-order chi connectivity index (χ0) is 23.4. The molecule has 4 aromatic rings. The van der Waals surface area contributed by atoms with E-state index in [0.29, 0.717) is 34.0 Å². The third-order valence-electron chi connectivity index (χ3n) is 5.24. The van der Waals surface area contributed by atoms with E-state index in [1.165, 1.54) is 6.07 Å². The van der Waals surface area contributed by atoms with Gasteiger partial charge in [0.05, 0.1) is 22.2 Å². The number of carbonyl (C=O) groups is 1. The lowest BCUT2D eigenvalue weighted by molar-refractivity contribution is 0.0950. The molecular formula is C26H23FN2O3S. The van der Waals surface area contributed by atoms with Crippen LogP contribution in [0, 0.1) is 19.7 Å². The van der Waals surface area contributed by atoms with Gasteiger partial charge in [0.25, 0.3) is 5.91 Å². The van der Waals surface area contributed by atoms with Gasteiger partial charge in [-0.15, -0.1) is 0 Å². The van der Waals surface area contributed by atoms with Crippen LogP contribution in [-0.4, -0.2) is 15.1 Å². The molecule has 1 atom stereocenters. The van der Waals surface area contributed by atoms with E-state index < -0.39 is 10.8 Å². The number of rotatable bonds is 7. The first kappa shape index (κ1) is 22.6. The highest BCUT2D eigenvalue weighted by molar-refractivity contribution is 7.84. The van der Waals surface area contributed by atoms with Crippen molar-refractivity contribution >= 4 is 16.7 Å². The van der Waals surface area contributed by atoms with Crippen LogP contribution in [0.25, 0.3) is 11.5 Å². The molecule has 33 heavy (non-hydrogen) atoms. The Balaban J connectivity index is 1.42. The Labute approximate surface area is 194 Å². The van der Waals surface area contributed by atoms with Crippen molar-refractivity contribution in [3.8, 4) is 11.5 Å².